The van der Waals surface area contributed by atoms with Crippen LogP contribution >= 0.6 is 0 Å². The molecule has 2 rings (SSSR count). The number of benzene rings is 1. The fourth-order valence-electron chi connectivity index (χ4n) is 2.17. The fourth-order valence-corrected chi connectivity index (χ4v) is 2.17. The molecular formula is C19H20N2O3. The number of esters is 1. The summed E-state index contributed by atoms with van der Waals surface area (Å²) >= 11 is 0. The highest BCUT2D eigenvalue weighted by molar-refractivity contribution is 5.92. The zero-order valence-electron chi connectivity index (χ0n) is 14.0. The number of hydrogen-bond donors (Lipinski definition) is 0. The summed E-state index contributed by atoms with van der Waals surface area (Å²) in [5, 5.41) is 0. The first-order chi connectivity index (χ1) is 11.6. The molecule has 5 heteroatoms. The van der Waals surface area contributed by atoms with Gasteiger partial charge < -0.3 is 14.4 Å². The van der Waals surface area contributed by atoms with Gasteiger partial charge in [-0.3, -0.25) is 0 Å². The fraction of sp³-hybridized carbons (Fsp3) is 0.158. The molecule has 0 fully saturated rings. The highest BCUT2D eigenvalue weighted by Gasteiger charge is 2.18. The summed E-state index contributed by atoms with van der Waals surface area (Å²) in [7, 11) is 4.51. The number of aromatic nitrogens is 1. The van der Waals surface area contributed by atoms with Gasteiger partial charge in [0.15, 0.2) is 5.70 Å². The van der Waals surface area contributed by atoms with Crippen LogP contribution < -0.4 is 4.90 Å². The van der Waals surface area contributed by atoms with Crippen molar-refractivity contribution in [1.29, 1.82) is 0 Å². The van der Waals surface area contributed by atoms with Crippen molar-refractivity contribution in [3.63, 3.8) is 0 Å². The van der Waals surface area contributed by atoms with Crippen LogP contribution in [0, 0.1) is 0 Å². The van der Waals surface area contributed by atoms with E-state index in [4.69, 9.17) is 9.47 Å². The lowest BCUT2D eigenvalue weighted by atomic mass is 10.0. The Bertz CT molecular complexity index is 754. The van der Waals surface area contributed by atoms with E-state index in [1.165, 1.54) is 20.5 Å². The van der Waals surface area contributed by atoms with Gasteiger partial charge >= 0.3 is 5.97 Å². The van der Waals surface area contributed by atoms with Crippen LogP contribution in [0.15, 0.2) is 67.1 Å². The SMILES string of the molecule is C=C(c1ccccc1)c1cccc(N(C)/C(=C\OC)C(=O)OC)n1. The first kappa shape index (κ1) is 17.3. The standard InChI is InChI=1S/C19H20N2O3/c1-14(15-9-6-5-7-10-15)16-11-8-12-18(20-16)21(2)17(13-23-3)19(22)24-4/h5-13H,1H2,2-4H3/b17-13-. The van der Waals surface area contributed by atoms with E-state index < -0.39 is 5.97 Å². The predicted molar refractivity (Wildman–Crippen MR) is 94.3 cm³/mol. The minimum absolute atomic E-state index is 0.245. The van der Waals surface area contributed by atoms with Gasteiger partial charge in [0.2, 0.25) is 0 Å². The third-order valence-electron chi connectivity index (χ3n) is 3.49. The molecule has 124 valence electrons. The molecule has 0 unspecified atom stereocenters. The summed E-state index contributed by atoms with van der Waals surface area (Å²) in [6.07, 6.45) is 1.33. The van der Waals surface area contributed by atoms with E-state index in [0.717, 1.165) is 16.8 Å². The topological polar surface area (TPSA) is 51.7 Å². The zero-order chi connectivity index (χ0) is 17.5. The molecule has 24 heavy (non-hydrogen) atoms. The van der Waals surface area contributed by atoms with Gasteiger partial charge in [0.1, 0.15) is 12.1 Å². The largest absolute Gasteiger partial charge is 0.502 e. The zero-order valence-corrected chi connectivity index (χ0v) is 14.0. The molecule has 1 heterocycles. The lowest BCUT2D eigenvalue weighted by molar-refractivity contribution is -0.136. The summed E-state index contributed by atoms with van der Waals surface area (Å²) in [5.74, 6) is 0.0757. The molecule has 0 radical (unpaired) electrons. The maximum atomic E-state index is 11.9. The number of pyridine rings is 1. The molecule has 5 nitrogen and oxygen atoms in total. The van der Waals surface area contributed by atoms with Crippen molar-refractivity contribution < 1.29 is 14.3 Å². The minimum Gasteiger partial charge on any atom is -0.502 e. The predicted octanol–water partition coefficient (Wildman–Crippen LogP) is 3.24. The van der Waals surface area contributed by atoms with E-state index in [1.807, 2.05) is 42.5 Å². The van der Waals surface area contributed by atoms with E-state index in [2.05, 4.69) is 11.6 Å². The van der Waals surface area contributed by atoms with Crippen LogP contribution in [-0.4, -0.2) is 32.2 Å². The summed E-state index contributed by atoms with van der Waals surface area (Å²) in [5.41, 5.74) is 2.77. The lowest BCUT2D eigenvalue weighted by Gasteiger charge is -2.20. The quantitative estimate of drug-likeness (QED) is 0.464. The number of methoxy groups -OCH3 is 2. The number of carbonyl (C=O) groups is 1. The van der Waals surface area contributed by atoms with Crippen LogP contribution in [0.25, 0.3) is 5.57 Å². The maximum Gasteiger partial charge on any atom is 0.357 e. The van der Waals surface area contributed by atoms with Crippen molar-refractivity contribution in [2.45, 2.75) is 0 Å². The van der Waals surface area contributed by atoms with Crippen molar-refractivity contribution in [2.75, 3.05) is 26.2 Å². The van der Waals surface area contributed by atoms with Crippen LogP contribution in [0.2, 0.25) is 0 Å². The summed E-state index contributed by atoms with van der Waals surface area (Å²) in [6, 6.07) is 15.4. The second-order valence-corrected chi connectivity index (χ2v) is 5.01. The third kappa shape index (κ3) is 3.81. The second kappa shape index (κ2) is 7.97. The van der Waals surface area contributed by atoms with E-state index in [-0.39, 0.29) is 5.70 Å². The molecule has 1 aromatic carbocycles. The number of hydrogen-bond acceptors (Lipinski definition) is 5. The van der Waals surface area contributed by atoms with Crippen LogP contribution in [0.3, 0.4) is 0 Å². The van der Waals surface area contributed by atoms with Crippen LogP contribution in [0.5, 0.6) is 0 Å². The number of rotatable bonds is 6. The Kier molecular flexibility index (Phi) is 5.73. The molecule has 0 aliphatic carbocycles. The molecule has 0 atom stereocenters. The van der Waals surface area contributed by atoms with Crippen molar-refractivity contribution in [2.24, 2.45) is 0 Å². The van der Waals surface area contributed by atoms with E-state index in [9.17, 15) is 4.79 Å². The molecule has 1 aromatic heterocycles. The molecular weight excluding hydrogens is 304 g/mol. The third-order valence-corrected chi connectivity index (χ3v) is 3.49. The molecule has 0 amide bonds. The Morgan fingerprint density at radius 1 is 1.12 bits per heavy atom. The monoisotopic (exact) mass is 324 g/mol. The molecule has 0 saturated heterocycles. The number of carbonyl (C=O) groups excluding carboxylic acids is 1. The van der Waals surface area contributed by atoms with Gasteiger partial charge in [-0.25, -0.2) is 9.78 Å². The molecule has 0 aliphatic heterocycles. The van der Waals surface area contributed by atoms with Gasteiger partial charge in [0, 0.05) is 12.6 Å². The van der Waals surface area contributed by atoms with Gasteiger partial charge in [-0.05, 0) is 17.7 Å². The van der Waals surface area contributed by atoms with Gasteiger partial charge in [0.25, 0.3) is 0 Å². The molecule has 0 spiro atoms. The van der Waals surface area contributed by atoms with Crippen LogP contribution in [-0.2, 0) is 14.3 Å². The number of anilines is 1. The van der Waals surface area contributed by atoms with Gasteiger partial charge in [-0.15, -0.1) is 0 Å². The Balaban J connectivity index is 2.34. The average Bonchev–Trinajstić information content (AvgIpc) is 2.65. The number of ether oxygens (including phenoxy) is 2. The van der Waals surface area contributed by atoms with E-state index in [1.54, 1.807) is 18.0 Å². The van der Waals surface area contributed by atoms with Gasteiger partial charge in [0.05, 0.1) is 19.9 Å². The van der Waals surface area contributed by atoms with E-state index >= 15 is 0 Å². The Morgan fingerprint density at radius 3 is 2.46 bits per heavy atom. The van der Waals surface area contributed by atoms with Crippen LogP contribution in [0.1, 0.15) is 11.3 Å². The molecule has 0 saturated carbocycles. The molecule has 0 bridgehead atoms. The maximum absolute atomic E-state index is 11.9. The first-order valence-corrected chi connectivity index (χ1v) is 7.35. The van der Waals surface area contributed by atoms with Crippen molar-refractivity contribution in [3.8, 4) is 0 Å². The minimum atomic E-state index is -0.506. The second-order valence-electron chi connectivity index (χ2n) is 5.01. The smallest absolute Gasteiger partial charge is 0.357 e. The first-order valence-electron chi connectivity index (χ1n) is 7.35. The summed E-state index contributed by atoms with van der Waals surface area (Å²) in [6.45, 7) is 4.12. The van der Waals surface area contributed by atoms with Crippen molar-refractivity contribution in [1.82, 2.24) is 4.98 Å². The number of nitrogens with zero attached hydrogens (tertiary/aromatic N) is 2. The number of likely N-dealkylation sites (N-methyl/N-ethyl adjacent to an activating group) is 1. The summed E-state index contributed by atoms with van der Waals surface area (Å²) in [4.78, 5) is 18.1. The van der Waals surface area contributed by atoms with Crippen molar-refractivity contribution >= 4 is 17.4 Å². The highest BCUT2D eigenvalue weighted by atomic mass is 16.5. The Hall–Kier alpha value is -3.08. The van der Waals surface area contributed by atoms with E-state index in [0.29, 0.717) is 5.82 Å². The van der Waals surface area contributed by atoms with Gasteiger partial charge in [-0.1, -0.05) is 43.0 Å². The molecule has 0 aliphatic rings. The Morgan fingerprint density at radius 2 is 1.83 bits per heavy atom. The summed E-state index contributed by atoms with van der Waals surface area (Å²) < 4.78 is 9.75. The molecule has 2 aromatic rings. The highest BCUT2D eigenvalue weighted by Crippen LogP contribution is 2.23. The normalized spacial score (nSPS) is 10.9. The van der Waals surface area contributed by atoms with Crippen LogP contribution in [0.4, 0.5) is 5.82 Å². The molecule has 0 N–H and O–H groups in total. The van der Waals surface area contributed by atoms with Gasteiger partial charge in [-0.2, -0.15) is 0 Å². The van der Waals surface area contributed by atoms with Crippen molar-refractivity contribution in [3.05, 3.63) is 78.3 Å². The lowest BCUT2D eigenvalue weighted by Crippen LogP contribution is -2.25. The average molecular weight is 324 g/mol. The Labute approximate surface area is 141 Å².